The van der Waals surface area contributed by atoms with Gasteiger partial charge >= 0.3 is 0 Å². The molecule has 1 aliphatic rings. The van der Waals surface area contributed by atoms with E-state index in [2.05, 4.69) is 59.8 Å². The smallest absolute Gasteiger partial charge is 0.0169 e. The topological polar surface area (TPSA) is 0 Å². The second-order valence-corrected chi connectivity index (χ2v) is 7.20. The Kier molecular flexibility index (Phi) is 7.34. The molecule has 0 N–H and O–H groups in total. The van der Waals surface area contributed by atoms with Crippen LogP contribution in [0.25, 0.3) is 0 Å². The molecule has 0 aromatic heterocycles. The molecule has 1 fully saturated rings. The van der Waals surface area contributed by atoms with Crippen LogP contribution in [-0.4, -0.2) is 0 Å². The minimum absolute atomic E-state index is 0.777. The predicted octanol–water partition coefficient (Wildman–Crippen LogP) is 6.70. The molecule has 0 heterocycles. The SMILES string of the molecule is CC(C)=C/C=C(\C)C1CCCCC(C)C1CC=C(C)C. The van der Waals surface area contributed by atoms with Gasteiger partial charge in [0.1, 0.15) is 0 Å². The normalized spacial score (nSPS) is 27.7. The highest BCUT2D eigenvalue weighted by Gasteiger charge is 2.28. The summed E-state index contributed by atoms with van der Waals surface area (Å²) in [4.78, 5) is 0. The maximum absolute atomic E-state index is 2.47. The molecule has 0 radical (unpaired) electrons. The molecule has 0 bridgehead atoms. The van der Waals surface area contributed by atoms with Gasteiger partial charge in [-0.1, -0.05) is 61.1 Å². The highest BCUT2D eigenvalue weighted by atomic mass is 14.3. The van der Waals surface area contributed by atoms with E-state index in [0.29, 0.717) is 0 Å². The van der Waals surface area contributed by atoms with Crippen molar-refractivity contribution in [2.75, 3.05) is 0 Å². The van der Waals surface area contributed by atoms with Gasteiger partial charge in [-0.05, 0) is 65.2 Å². The summed E-state index contributed by atoms with van der Waals surface area (Å²) in [6.07, 6.45) is 14.0. The van der Waals surface area contributed by atoms with Gasteiger partial charge in [0.05, 0.1) is 0 Å². The second-order valence-electron chi connectivity index (χ2n) is 7.20. The van der Waals surface area contributed by atoms with Crippen molar-refractivity contribution >= 4 is 0 Å². The van der Waals surface area contributed by atoms with Gasteiger partial charge in [0.2, 0.25) is 0 Å². The second kappa shape index (κ2) is 8.49. The van der Waals surface area contributed by atoms with E-state index in [4.69, 9.17) is 0 Å². The zero-order valence-corrected chi connectivity index (χ0v) is 14.5. The van der Waals surface area contributed by atoms with Gasteiger partial charge in [-0.15, -0.1) is 0 Å². The highest BCUT2D eigenvalue weighted by Crippen LogP contribution is 2.39. The first-order valence-electron chi connectivity index (χ1n) is 8.37. The Morgan fingerprint density at radius 3 is 2.15 bits per heavy atom. The van der Waals surface area contributed by atoms with Crippen LogP contribution in [0.1, 0.15) is 73.6 Å². The lowest BCUT2D eigenvalue weighted by molar-refractivity contribution is 0.274. The third-order valence-electron chi connectivity index (χ3n) is 4.74. The molecule has 1 aliphatic carbocycles. The van der Waals surface area contributed by atoms with E-state index in [9.17, 15) is 0 Å². The Morgan fingerprint density at radius 2 is 1.55 bits per heavy atom. The van der Waals surface area contributed by atoms with Crippen LogP contribution in [0, 0.1) is 17.8 Å². The predicted molar refractivity (Wildman–Crippen MR) is 91.8 cm³/mol. The van der Waals surface area contributed by atoms with Crippen LogP contribution in [0.5, 0.6) is 0 Å². The average Bonchev–Trinajstić information content (AvgIpc) is 2.55. The maximum atomic E-state index is 2.47. The van der Waals surface area contributed by atoms with Crippen molar-refractivity contribution in [3.05, 3.63) is 34.9 Å². The Morgan fingerprint density at radius 1 is 0.900 bits per heavy atom. The molecule has 3 unspecified atom stereocenters. The fourth-order valence-electron chi connectivity index (χ4n) is 3.41. The maximum Gasteiger partial charge on any atom is -0.0169 e. The summed E-state index contributed by atoms with van der Waals surface area (Å²) in [5, 5.41) is 0. The van der Waals surface area contributed by atoms with Crippen molar-refractivity contribution in [1.82, 2.24) is 0 Å². The van der Waals surface area contributed by atoms with Crippen LogP contribution in [0.2, 0.25) is 0 Å². The van der Waals surface area contributed by atoms with Crippen LogP contribution >= 0.6 is 0 Å². The van der Waals surface area contributed by atoms with Crippen LogP contribution in [-0.2, 0) is 0 Å². The first kappa shape index (κ1) is 17.3. The number of allylic oxidation sites excluding steroid dienone is 6. The van der Waals surface area contributed by atoms with Gasteiger partial charge in [0.15, 0.2) is 0 Å². The fourth-order valence-corrected chi connectivity index (χ4v) is 3.41. The molecule has 0 heteroatoms. The Labute approximate surface area is 127 Å². The molecule has 0 saturated heterocycles. The summed E-state index contributed by atoms with van der Waals surface area (Å²) >= 11 is 0. The first-order chi connectivity index (χ1) is 9.41. The standard InChI is InChI=1S/C20H34/c1-15(2)11-13-18(6)19-10-8-7-9-17(5)20(19)14-12-16(3)4/h11-13,17,19-20H,7-10,14H2,1-6H3/b18-13+. The van der Waals surface area contributed by atoms with Crippen LogP contribution in [0.3, 0.4) is 0 Å². The Bertz CT molecular complexity index is 373. The van der Waals surface area contributed by atoms with Crippen LogP contribution in [0.4, 0.5) is 0 Å². The zero-order valence-electron chi connectivity index (χ0n) is 14.5. The van der Waals surface area contributed by atoms with Crippen LogP contribution < -0.4 is 0 Å². The van der Waals surface area contributed by atoms with Crippen molar-refractivity contribution < 1.29 is 0 Å². The highest BCUT2D eigenvalue weighted by molar-refractivity contribution is 5.18. The average molecular weight is 274 g/mol. The van der Waals surface area contributed by atoms with Gasteiger partial charge in [0, 0.05) is 0 Å². The van der Waals surface area contributed by atoms with E-state index in [1.54, 1.807) is 5.57 Å². The summed E-state index contributed by atoms with van der Waals surface area (Å²) in [7, 11) is 0. The molecule has 20 heavy (non-hydrogen) atoms. The molecule has 3 atom stereocenters. The molecule has 1 saturated carbocycles. The molecule has 0 aliphatic heterocycles. The van der Waals surface area contributed by atoms with Gasteiger partial charge in [-0.3, -0.25) is 0 Å². The van der Waals surface area contributed by atoms with Crippen molar-refractivity contribution in [2.45, 2.75) is 73.6 Å². The van der Waals surface area contributed by atoms with E-state index in [1.807, 2.05) is 0 Å². The quantitative estimate of drug-likeness (QED) is 0.304. The van der Waals surface area contributed by atoms with Gasteiger partial charge in [0.25, 0.3) is 0 Å². The molecule has 1 rings (SSSR count). The van der Waals surface area contributed by atoms with Gasteiger partial charge < -0.3 is 0 Å². The lowest BCUT2D eigenvalue weighted by Crippen LogP contribution is -2.20. The molecular formula is C20H34. The van der Waals surface area contributed by atoms with E-state index in [0.717, 1.165) is 17.8 Å². The summed E-state index contributed by atoms with van der Waals surface area (Å²) in [5.41, 5.74) is 4.45. The lowest BCUT2D eigenvalue weighted by Gasteiger charge is -2.30. The van der Waals surface area contributed by atoms with Gasteiger partial charge in [-0.2, -0.15) is 0 Å². The lowest BCUT2D eigenvalue weighted by atomic mass is 9.75. The largest absolute Gasteiger partial charge is 0.0856 e. The van der Waals surface area contributed by atoms with Gasteiger partial charge in [-0.25, -0.2) is 0 Å². The summed E-state index contributed by atoms with van der Waals surface area (Å²) in [6.45, 7) is 13.6. The third kappa shape index (κ3) is 5.69. The van der Waals surface area contributed by atoms with Crippen molar-refractivity contribution in [2.24, 2.45) is 17.8 Å². The molecule has 0 aromatic carbocycles. The number of hydrogen-bond acceptors (Lipinski definition) is 0. The van der Waals surface area contributed by atoms with Crippen molar-refractivity contribution in [3.8, 4) is 0 Å². The zero-order chi connectivity index (χ0) is 15.1. The van der Waals surface area contributed by atoms with E-state index in [-0.39, 0.29) is 0 Å². The molecule has 0 nitrogen and oxygen atoms in total. The number of hydrogen-bond donors (Lipinski definition) is 0. The van der Waals surface area contributed by atoms with Crippen molar-refractivity contribution in [1.29, 1.82) is 0 Å². The molecule has 0 aromatic rings. The van der Waals surface area contributed by atoms with Crippen LogP contribution in [0.15, 0.2) is 34.9 Å². The minimum Gasteiger partial charge on any atom is -0.0856 e. The summed E-state index contributed by atoms with van der Waals surface area (Å²) in [5.74, 6) is 2.46. The number of rotatable bonds is 4. The minimum atomic E-state index is 0.777. The van der Waals surface area contributed by atoms with E-state index >= 15 is 0 Å². The summed E-state index contributed by atoms with van der Waals surface area (Å²) < 4.78 is 0. The van der Waals surface area contributed by atoms with E-state index in [1.165, 1.54) is 43.3 Å². The Hall–Kier alpha value is -0.780. The molecule has 0 spiro atoms. The van der Waals surface area contributed by atoms with E-state index < -0.39 is 0 Å². The third-order valence-corrected chi connectivity index (χ3v) is 4.74. The van der Waals surface area contributed by atoms with Crippen molar-refractivity contribution in [3.63, 3.8) is 0 Å². The molecular weight excluding hydrogens is 240 g/mol. The molecule has 0 amide bonds. The summed E-state index contributed by atoms with van der Waals surface area (Å²) in [6, 6.07) is 0. The Balaban J connectivity index is 2.93. The first-order valence-corrected chi connectivity index (χ1v) is 8.37. The molecule has 114 valence electrons. The fraction of sp³-hybridized carbons (Fsp3) is 0.700. The monoisotopic (exact) mass is 274 g/mol.